The number of likely N-dealkylation sites (tertiary alicyclic amines) is 1. The number of ether oxygens (including phenoxy) is 4. The van der Waals surface area contributed by atoms with Crippen LogP contribution in [0.2, 0.25) is 0 Å². The van der Waals surface area contributed by atoms with E-state index in [1.807, 2.05) is 30.3 Å². The molecule has 0 unspecified atom stereocenters. The Balaban J connectivity index is 1.51. The first-order valence-electron chi connectivity index (χ1n) is 9.17. The topological polar surface area (TPSA) is 60.4 Å². The fourth-order valence-corrected chi connectivity index (χ4v) is 4.45. The third kappa shape index (κ3) is 3.35. The van der Waals surface area contributed by atoms with Crippen molar-refractivity contribution in [3.05, 3.63) is 35.9 Å². The number of aliphatic hydroxyl groups excluding tert-OH is 1. The van der Waals surface area contributed by atoms with Gasteiger partial charge in [-0.15, -0.1) is 0 Å². The highest BCUT2D eigenvalue weighted by atomic mass is 16.7. The van der Waals surface area contributed by atoms with Crippen molar-refractivity contribution < 1.29 is 24.1 Å². The lowest BCUT2D eigenvalue weighted by Gasteiger charge is -2.48. The third-order valence-electron chi connectivity index (χ3n) is 5.59. The maximum absolute atomic E-state index is 9.16. The molecule has 3 aliphatic heterocycles. The van der Waals surface area contributed by atoms with Gasteiger partial charge in [0.1, 0.15) is 6.10 Å². The molecule has 4 rings (SSSR count). The molecule has 0 saturated carbocycles. The van der Waals surface area contributed by atoms with Crippen LogP contribution in [-0.2, 0) is 18.9 Å². The smallest absolute Gasteiger partial charge is 0.184 e. The average molecular weight is 349 g/mol. The normalized spacial score (nSPS) is 38.3. The quantitative estimate of drug-likeness (QED) is 0.870. The molecule has 0 aliphatic carbocycles. The summed E-state index contributed by atoms with van der Waals surface area (Å²) >= 11 is 0. The Morgan fingerprint density at radius 3 is 2.84 bits per heavy atom. The standard InChI is InChI=1S/C19H27NO5/c1-22-19-16-14(8-10-20(16)9-5-11-21)17-15(24-19)12-23-18(25-17)13-6-3-2-4-7-13/h2-4,6-7,14-19,21H,5,8-12H2,1H3/t14-,15-,16+,17+,18-,19+/m1/s1. The molecule has 0 bridgehead atoms. The molecular formula is C19H27NO5. The zero-order chi connectivity index (χ0) is 17.2. The summed E-state index contributed by atoms with van der Waals surface area (Å²) < 4.78 is 24.1. The van der Waals surface area contributed by atoms with Gasteiger partial charge in [0.05, 0.1) is 18.8 Å². The fraction of sp³-hybridized carbons (Fsp3) is 0.684. The molecule has 1 N–H and O–H groups in total. The summed E-state index contributed by atoms with van der Waals surface area (Å²) in [6.07, 6.45) is 1.13. The average Bonchev–Trinajstić information content (AvgIpc) is 3.10. The Morgan fingerprint density at radius 1 is 1.24 bits per heavy atom. The first kappa shape index (κ1) is 17.4. The van der Waals surface area contributed by atoms with E-state index >= 15 is 0 Å². The number of rotatable bonds is 5. The van der Waals surface area contributed by atoms with Gasteiger partial charge in [-0.05, 0) is 19.4 Å². The first-order valence-corrected chi connectivity index (χ1v) is 9.17. The molecular weight excluding hydrogens is 322 g/mol. The number of hydrogen-bond donors (Lipinski definition) is 1. The highest BCUT2D eigenvalue weighted by Crippen LogP contribution is 2.43. The van der Waals surface area contributed by atoms with Crippen LogP contribution in [-0.4, -0.2) is 68.0 Å². The predicted molar refractivity (Wildman–Crippen MR) is 90.8 cm³/mol. The zero-order valence-corrected chi connectivity index (χ0v) is 14.6. The molecule has 1 aromatic carbocycles. The Bertz CT molecular complexity index is 556. The van der Waals surface area contributed by atoms with Gasteiger partial charge in [0.15, 0.2) is 12.6 Å². The predicted octanol–water partition coefficient (Wildman–Crippen LogP) is 1.54. The van der Waals surface area contributed by atoms with Crippen molar-refractivity contribution in [1.29, 1.82) is 0 Å². The first-order chi connectivity index (χ1) is 12.3. The lowest BCUT2D eigenvalue weighted by molar-refractivity contribution is -0.336. The molecule has 138 valence electrons. The largest absolute Gasteiger partial charge is 0.396 e. The van der Waals surface area contributed by atoms with Crippen LogP contribution in [0.5, 0.6) is 0 Å². The van der Waals surface area contributed by atoms with Crippen molar-refractivity contribution in [2.24, 2.45) is 5.92 Å². The second-order valence-corrected chi connectivity index (χ2v) is 7.01. The highest BCUT2D eigenvalue weighted by molar-refractivity contribution is 5.16. The van der Waals surface area contributed by atoms with Gasteiger partial charge in [-0.25, -0.2) is 0 Å². The van der Waals surface area contributed by atoms with E-state index in [0.29, 0.717) is 12.5 Å². The second-order valence-electron chi connectivity index (χ2n) is 7.01. The summed E-state index contributed by atoms with van der Waals surface area (Å²) in [6.45, 7) is 2.57. The van der Waals surface area contributed by atoms with E-state index < -0.39 is 0 Å². The molecule has 6 heteroatoms. The van der Waals surface area contributed by atoms with Crippen LogP contribution in [0.15, 0.2) is 30.3 Å². The van der Waals surface area contributed by atoms with E-state index in [2.05, 4.69) is 4.90 Å². The number of nitrogens with zero attached hydrogens (tertiary/aromatic N) is 1. The van der Waals surface area contributed by atoms with E-state index in [9.17, 15) is 0 Å². The number of methoxy groups -OCH3 is 1. The van der Waals surface area contributed by atoms with Crippen LogP contribution >= 0.6 is 0 Å². The minimum absolute atomic E-state index is 0.00878. The lowest BCUT2D eigenvalue weighted by atomic mass is 9.86. The van der Waals surface area contributed by atoms with Crippen molar-refractivity contribution in [3.63, 3.8) is 0 Å². The minimum atomic E-state index is -0.336. The molecule has 0 spiro atoms. The van der Waals surface area contributed by atoms with Crippen LogP contribution < -0.4 is 0 Å². The minimum Gasteiger partial charge on any atom is -0.396 e. The lowest BCUT2D eigenvalue weighted by Crippen LogP contribution is -2.60. The van der Waals surface area contributed by atoms with Crippen molar-refractivity contribution in [3.8, 4) is 0 Å². The van der Waals surface area contributed by atoms with E-state index in [1.54, 1.807) is 7.11 Å². The summed E-state index contributed by atoms with van der Waals surface area (Å²) in [5.41, 5.74) is 1.04. The number of benzene rings is 1. The van der Waals surface area contributed by atoms with Crippen molar-refractivity contribution in [2.45, 2.75) is 43.7 Å². The molecule has 6 atom stereocenters. The SMILES string of the molecule is CO[C@H]1O[C@@H]2CO[C@@H](c3ccccc3)O[C@H]2[C@@H]2CCN(CCCO)[C@H]12. The maximum atomic E-state index is 9.16. The van der Waals surface area contributed by atoms with Crippen molar-refractivity contribution in [2.75, 3.05) is 33.4 Å². The molecule has 3 saturated heterocycles. The summed E-state index contributed by atoms with van der Waals surface area (Å²) in [4.78, 5) is 2.38. The van der Waals surface area contributed by atoms with Crippen LogP contribution in [0.3, 0.4) is 0 Å². The van der Waals surface area contributed by atoms with Gasteiger partial charge in [-0.2, -0.15) is 0 Å². The van der Waals surface area contributed by atoms with Gasteiger partial charge in [0, 0.05) is 31.7 Å². The number of fused-ring (bicyclic) bond motifs is 3. The van der Waals surface area contributed by atoms with Gasteiger partial charge in [0.25, 0.3) is 0 Å². The van der Waals surface area contributed by atoms with Gasteiger partial charge in [0.2, 0.25) is 0 Å². The summed E-state index contributed by atoms with van der Waals surface area (Å²) in [5.74, 6) is 0.359. The fourth-order valence-electron chi connectivity index (χ4n) is 4.45. The number of aliphatic hydroxyl groups is 1. The van der Waals surface area contributed by atoms with Gasteiger partial charge in [-0.1, -0.05) is 30.3 Å². The molecule has 3 aliphatic rings. The van der Waals surface area contributed by atoms with Gasteiger partial charge >= 0.3 is 0 Å². The molecule has 25 heavy (non-hydrogen) atoms. The van der Waals surface area contributed by atoms with E-state index in [1.165, 1.54) is 0 Å². The van der Waals surface area contributed by atoms with E-state index in [4.69, 9.17) is 24.1 Å². The van der Waals surface area contributed by atoms with Crippen LogP contribution in [0.25, 0.3) is 0 Å². The van der Waals surface area contributed by atoms with Crippen LogP contribution in [0.4, 0.5) is 0 Å². The number of hydrogen-bond acceptors (Lipinski definition) is 6. The monoisotopic (exact) mass is 349 g/mol. The van der Waals surface area contributed by atoms with E-state index in [-0.39, 0.29) is 37.4 Å². The molecule has 1 aromatic rings. The van der Waals surface area contributed by atoms with E-state index in [0.717, 1.165) is 31.5 Å². The molecule has 0 amide bonds. The molecule has 3 fully saturated rings. The van der Waals surface area contributed by atoms with Crippen LogP contribution in [0, 0.1) is 5.92 Å². The Kier molecular flexibility index (Phi) is 5.36. The molecule has 0 aromatic heterocycles. The Hall–Kier alpha value is -1.02. The highest BCUT2D eigenvalue weighted by Gasteiger charge is 2.54. The Labute approximate surface area is 148 Å². The van der Waals surface area contributed by atoms with Gasteiger partial charge < -0.3 is 24.1 Å². The maximum Gasteiger partial charge on any atom is 0.184 e. The summed E-state index contributed by atoms with van der Waals surface area (Å²) in [6, 6.07) is 10.2. The summed E-state index contributed by atoms with van der Waals surface area (Å²) in [7, 11) is 1.70. The summed E-state index contributed by atoms with van der Waals surface area (Å²) in [5, 5.41) is 9.16. The molecule has 0 radical (unpaired) electrons. The third-order valence-corrected chi connectivity index (χ3v) is 5.59. The van der Waals surface area contributed by atoms with Crippen molar-refractivity contribution in [1.82, 2.24) is 4.90 Å². The van der Waals surface area contributed by atoms with Crippen LogP contribution in [0.1, 0.15) is 24.7 Å². The van der Waals surface area contributed by atoms with Crippen molar-refractivity contribution >= 4 is 0 Å². The molecule has 3 heterocycles. The Morgan fingerprint density at radius 2 is 2.08 bits per heavy atom. The second kappa shape index (κ2) is 7.70. The van der Waals surface area contributed by atoms with Gasteiger partial charge in [-0.3, -0.25) is 4.90 Å². The molecule has 6 nitrogen and oxygen atoms in total. The zero-order valence-electron chi connectivity index (χ0n) is 14.6.